The maximum atomic E-state index is 14.1. The summed E-state index contributed by atoms with van der Waals surface area (Å²) >= 11 is 0. The van der Waals surface area contributed by atoms with Crippen molar-refractivity contribution in [3.8, 4) is 45.3 Å². The zero-order valence-corrected chi connectivity index (χ0v) is 21.1. The van der Waals surface area contributed by atoms with Crippen molar-refractivity contribution in [3.05, 3.63) is 83.9 Å². The summed E-state index contributed by atoms with van der Waals surface area (Å²) in [7, 11) is 0. The van der Waals surface area contributed by atoms with Gasteiger partial charge in [-0.15, -0.1) is 0 Å². The quantitative estimate of drug-likeness (QED) is 0.273. The van der Waals surface area contributed by atoms with Crippen LogP contribution in [0.15, 0.2) is 60.7 Å². The molecule has 206 valence electrons. The molecule has 2 N–H and O–H groups in total. The molecule has 6 rings (SSSR count). The Kier molecular flexibility index (Phi) is 6.73. The van der Waals surface area contributed by atoms with E-state index in [1.165, 1.54) is 0 Å². The van der Waals surface area contributed by atoms with Gasteiger partial charge in [0, 0.05) is 26.2 Å². The van der Waals surface area contributed by atoms with Gasteiger partial charge in [-0.1, -0.05) is 12.1 Å². The van der Waals surface area contributed by atoms with Crippen molar-refractivity contribution in [2.75, 3.05) is 44.3 Å². The predicted octanol–water partition coefficient (Wildman–Crippen LogP) is 6.56. The molecule has 0 bridgehead atoms. The van der Waals surface area contributed by atoms with E-state index in [1.807, 2.05) is 4.90 Å². The molecular formula is C30H24F4N2O4. The molecule has 0 unspecified atom stereocenters. The van der Waals surface area contributed by atoms with E-state index in [2.05, 4.69) is 4.90 Å². The number of fused-ring (bicyclic) bond motifs is 2. The second-order valence-corrected chi connectivity index (χ2v) is 9.65. The van der Waals surface area contributed by atoms with E-state index in [1.54, 1.807) is 36.4 Å². The van der Waals surface area contributed by atoms with Crippen molar-refractivity contribution >= 4 is 11.4 Å². The minimum Gasteiger partial charge on any atom is -0.503 e. The van der Waals surface area contributed by atoms with Gasteiger partial charge in [-0.25, -0.2) is 17.6 Å². The highest BCUT2D eigenvalue weighted by Gasteiger charge is 2.27. The molecule has 0 saturated carbocycles. The number of rotatable bonds is 5. The fraction of sp³-hybridized carbons (Fsp3) is 0.200. The second-order valence-electron chi connectivity index (χ2n) is 9.65. The van der Waals surface area contributed by atoms with Gasteiger partial charge in [-0.05, 0) is 70.8 Å². The van der Waals surface area contributed by atoms with Crippen LogP contribution in [0.3, 0.4) is 0 Å². The smallest absolute Gasteiger partial charge is 0.187 e. The van der Waals surface area contributed by atoms with Crippen molar-refractivity contribution in [2.45, 2.75) is 0 Å². The molecule has 0 radical (unpaired) electrons. The lowest BCUT2D eigenvalue weighted by Crippen LogP contribution is -2.41. The molecule has 1 saturated heterocycles. The number of morpholine rings is 1. The summed E-state index contributed by atoms with van der Waals surface area (Å²) in [6, 6.07) is 14.5. The molecule has 4 aromatic rings. The largest absolute Gasteiger partial charge is 0.503 e. The first kappa shape index (κ1) is 26.0. The highest BCUT2D eigenvalue weighted by Crippen LogP contribution is 2.49. The van der Waals surface area contributed by atoms with Crippen LogP contribution in [0.4, 0.5) is 28.9 Å². The third-order valence-electron chi connectivity index (χ3n) is 7.16. The van der Waals surface area contributed by atoms with Crippen LogP contribution < -0.4 is 9.64 Å². The molecule has 6 nitrogen and oxygen atoms in total. The monoisotopic (exact) mass is 552 g/mol. The van der Waals surface area contributed by atoms with E-state index in [0.717, 1.165) is 37.4 Å². The number of ether oxygens (including phenoxy) is 2. The zero-order valence-electron chi connectivity index (χ0n) is 21.1. The molecule has 10 heteroatoms. The van der Waals surface area contributed by atoms with Crippen LogP contribution in [0.2, 0.25) is 0 Å². The molecule has 1 fully saturated rings. The van der Waals surface area contributed by atoms with Crippen molar-refractivity contribution in [1.29, 1.82) is 0 Å². The third kappa shape index (κ3) is 4.80. The predicted molar refractivity (Wildman–Crippen MR) is 141 cm³/mol. The summed E-state index contributed by atoms with van der Waals surface area (Å²) in [5.74, 6) is -5.33. The van der Waals surface area contributed by atoms with Crippen molar-refractivity contribution < 1.29 is 37.2 Å². The Bertz CT molecular complexity index is 1450. The van der Waals surface area contributed by atoms with Gasteiger partial charge < -0.3 is 24.6 Å². The minimum absolute atomic E-state index is 0.235. The van der Waals surface area contributed by atoms with E-state index in [0.29, 0.717) is 60.3 Å². The molecule has 0 aliphatic carbocycles. The molecule has 4 aromatic carbocycles. The first-order valence-electron chi connectivity index (χ1n) is 12.7. The number of anilines is 2. The Hall–Kier alpha value is -4.28. The van der Waals surface area contributed by atoms with Gasteiger partial charge in [0.25, 0.3) is 0 Å². The Balaban J connectivity index is 1.43. The van der Waals surface area contributed by atoms with E-state index in [4.69, 9.17) is 9.47 Å². The van der Waals surface area contributed by atoms with Crippen LogP contribution in [0.1, 0.15) is 0 Å². The van der Waals surface area contributed by atoms with Gasteiger partial charge in [0.05, 0.1) is 24.6 Å². The molecular weight excluding hydrogens is 528 g/mol. The number of halogens is 4. The van der Waals surface area contributed by atoms with Crippen LogP contribution >= 0.6 is 0 Å². The van der Waals surface area contributed by atoms with Gasteiger partial charge in [0.15, 0.2) is 46.3 Å². The maximum Gasteiger partial charge on any atom is 0.187 e. The Morgan fingerprint density at radius 3 is 1.50 bits per heavy atom. The van der Waals surface area contributed by atoms with Crippen LogP contribution in [-0.4, -0.2) is 54.5 Å². The molecule has 2 heterocycles. The summed E-state index contributed by atoms with van der Waals surface area (Å²) in [5, 5.41) is 19.1. The minimum atomic E-state index is -1.07. The van der Waals surface area contributed by atoms with E-state index in [9.17, 15) is 27.8 Å². The normalized spacial score (nSPS) is 14.9. The van der Waals surface area contributed by atoms with Gasteiger partial charge in [0.2, 0.25) is 0 Å². The number of hydrogen-bond acceptors (Lipinski definition) is 6. The molecule has 2 aliphatic rings. The topological polar surface area (TPSA) is 65.4 Å². The Morgan fingerprint density at radius 1 is 0.600 bits per heavy atom. The number of hydrogen-bond donors (Lipinski definition) is 2. The number of benzene rings is 4. The van der Waals surface area contributed by atoms with Crippen molar-refractivity contribution in [2.24, 2.45) is 0 Å². The molecule has 0 aromatic heterocycles. The number of phenols is 2. The van der Waals surface area contributed by atoms with E-state index >= 15 is 0 Å². The van der Waals surface area contributed by atoms with Crippen LogP contribution in [0, 0.1) is 23.3 Å². The first-order valence-corrected chi connectivity index (χ1v) is 12.7. The molecule has 40 heavy (non-hydrogen) atoms. The highest BCUT2D eigenvalue weighted by atomic mass is 19.1. The summed E-state index contributed by atoms with van der Waals surface area (Å²) < 4.78 is 68.2. The van der Waals surface area contributed by atoms with Gasteiger partial charge in [0.1, 0.15) is 0 Å². The molecule has 0 amide bonds. The first-order chi connectivity index (χ1) is 19.3. The lowest BCUT2D eigenvalue weighted by molar-refractivity contribution is 0.0394. The summed E-state index contributed by atoms with van der Waals surface area (Å²) in [6.45, 7) is 3.96. The molecule has 0 spiro atoms. The van der Waals surface area contributed by atoms with Crippen molar-refractivity contribution in [1.82, 2.24) is 4.90 Å². The highest BCUT2D eigenvalue weighted by molar-refractivity contribution is 5.84. The molecule has 2 aliphatic heterocycles. The van der Waals surface area contributed by atoms with Crippen molar-refractivity contribution in [3.63, 3.8) is 0 Å². The summed E-state index contributed by atoms with van der Waals surface area (Å²) in [4.78, 5) is 4.25. The number of aromatic hydroxyl groups is 2. The average Bonchev–Trinajstić information content (AvgIpc) is 2.96. The van der Waals surface area contributed by atoms with Crippen LogP contribution in [0.25, 0.3) is 22.3 Å². The van der Waals surface area contributed by atoms with Gasteiger partial charge in [-0.3, -0.25) is 4.90 Å². The van der Waals surface area contributed by atoms with Gasteiger partial charge >= 0.3 is 0 Å². The lowest BCUT2D eigenvalue weighted by atomic mass is 10.0. The molecule has 0 atom stereocenters. The van der Waals surface area contributed by atoms with Crippen LogP contribution in [-0.2, 0) is 4.74 Å². The van der Waals surface area contributed by atoms with Crippen LogP contribution in [0.5, 0.6) is 23.0 Å². The maximum absolute atomic E-state index is 14.1. The summed E-state index contributed by atoms with van der Waals surface area (Å²) in [6.07, 6.45) is 0. The zero-order chi connectivity index (χ0) is 28.0. The Morgan fingerprint density at radius 2 is 1.05 bits per heavy atom. The fourth-order valence-electron chi connectivity index (χ4n) is 5.01. The second kappa shape index (κ2) is 10.4. The fourth-order valence-corrected chi connectivity index (χ4v) is 5.01. The Labute approximate surface area is 227 Å². The third-order valence-corrected chi connectivity index (χ3v) is 7.16. The van der Waals surface area contributed by atoms with Gasteiger partial charge in [-0.2, -0.15) is 0 Å². The van der Waals surface area contributed by atoms with E-state index < -0.39 is 34.8 Å². The lowest BCUT2D eigenvalue weighted by Gasteiger charge is -2.36. The number of phenolic OH excluding ortho intramolecular Hbond substituents is 2. The SMILES string of the molecule is Oc1c(F)cc(-c2ccc3c(c2)N(CCN2CCOCC2)c2cc(-c4cc(F)c(O)c(F)c4)ccc2O3)cc1F. The summed E-state index contributed by atoms with van der Waals surface area (Å²) in [5.41, 5.74) is 2.73. The number of nitrogens with zero attached hydrogens (tertiary/aromatic N) is 2. The standard InChI is InChI=1S/C30H24F4N2O4/c31-21-11-19(12-22(32)29(21)37)17-1-3-27-25(15-17)36(6-5-35-7-9-39-10-8-35)26-16-18(2-4-28(26)40-27)20-13-23(33)30(38)24(34)14-20/h1-4,11-16,37-38H,5-10H2. The average molecular weight is 553 g/mol. The van der Waals surface area contributed by atoms with E-state index in [-0.39, 0.29) is 11.1 Å².